The Morgan fingerprint density at radius 3 is 2.47 bits per heavy atom. The molecule has 1 aliphatic heterocycles. The Morgan fingerprint density at radius 1 is 1.00 bits per heavy atom. The molecule has 0 aromatic heterocycles. The van der Waals surface area contributed by atoms with E-state index in [-0.39, 0.29) is 0 Å². The number of hydrogen-bond donors (Lipinski definition) is 1. The highest BCUT2D eigenvalue weighted by Crippen LogP contribution is 2.37. The predicted molar refractivity (Wildman–Crippen MR) is 81.4 cm³/mol. The molecule has 0 aromatic rings. The van der Waals surface area contributed by atoms with Gasteiger partial charge in [-0.1, -0.05) is 26.7 Å². The third-order valence-electron chi connectivity index (χ3n) is 5.23. The summed E-state index contributed by atoms with van der Waals surface area (Å²) in [7, 11) is 0. The molecule has 112 valence electrons. The Bertz CT molecular complexity index is 237. The quantitative estimate of drug-likeness (QED) is 0.785. The zero-order chi connectivity index (χ0) is 13.5. The second kappa shape index (κ2) is 8.26. The summed E-state index contributed by atoms with van der Waals surface area (Å²) in [6, 6.07) is 0.793. The van der Waals surface area contributed by atoms with Crippen LogP contribution in [0.25, 0.3) is 0 Å². The van der Waals surface area contributed by atoms with E-state index >= 15 is 0 Å². The van der Waals surface area contributed by atoms with Gasteiger partial charge >= 0.3 is 0 Å². The van der Waals surface area contributed by atoms with Crippen LogP contribution >= 0.6 is 0 Å². The summed E-state index contributed by atoms with van der Waals surface area (Å²) < 4.78 is 5.51. The largest absolute Gasteiger partial charge is 0.381 e. The summed E-state index contributed by atoms with van der Waals surface area (Å²) in [4.78, 5) is 0. The minimum atomic E-state index is 0.793. The van der Waals surface area contributed by atoms with E-state index in [1.54, 1.807) is 0 Å². The third kappa shape index (κ3) is 4.75. The lowest BCUT2D eigenvalue weighted by molar-refractivity contribution is 0.0498. The van der Waals surface area contributed by atoms with E-state index in [4.69, 9.17) is 4.74 Å². The number of nitrogens with one attached hydrogen (secondary N) is 1. The van der Waals surface area contributed by atoms with Crippen LogP contribution < -0.4 is 5.32 Å². The maximum Gasteiger partial charge on any atom is 0.0468 e. The Labute approximate surface area is 119 Å². The number of rotatable bonds is 6. The average Bonchev–Trinajstić information content (AvgIpc) is 2.43. The molecular weight excluding hydrogens is 234 g/mol. The van der Waals surface area contributed by atoms with E-state index in [1.165, 1.54) is 51.4 Å². The molecule has 2 rings (SSSR count). The van der Waals surface area contributed by atoms with Crippen LogP contribution in [0, 0.1) is 17.8 Å². The summed E-state index contributed by atoms with van der Waals surface area (Å²) in [6.07, 6.45) is 11.2. The van der Waals surface area contributed by atoms with Crippen molar-refractivity contribution in [2.45, 2.75) is 71.3 Å². The Balaban J connectivity index is 1.86. The molecular formula is C17H33NO. The minimum absolute atomic E-state index is 0.793. The van der Waals surface area contributed by atoms with Crippen molar-refractivity contribution in [1.29, 1.82) is 0 Å². The maximum atomic E-state index is 5.51. The van der Waals surface area contributed by atoms with E-state index in [0.717, 1.165) is 43.6 Å². The first-order valence-electron chi connectivity index (χ1n) is 8.64. The Morgan fingerprint density at radius 2 is 1.79 bits per heavy atom. The van der Waals surface area contributed by atoms with E-state index in [0.29, 0.717) is 0 Å². The van der Waals surface area contributed by atoms with Crippen LogP contribution in [0.2, 0.25) is 0 Å². The van der Waals surface area contributed by atoms with Gasteiger partial charge in [0.25, 0.3) is 0 Å². The lowest BCUT2D eigenvalue weighted by Crippen LogP contribution is -2.41. The van der Waals surface area contributed by atoms with Crippen molar-refractivity contribution in [3.05, 3.63) is 0 Å². The van der Waals surface area contributed by atoms with Crippen molar-refractivity contribution >= 4 is 0 Å². The summed E-state index contributed by atoms with van der Waals surface area (Å²) >= 11 is 0. The average molecular weight is 267 g/mol. The molecule has 3 atom stereocenters. The van der Waals surface area contributed by atoms with Gasteiger partial charge in [-0.2, -0.15) is 0 Å². The van der Waals surface area contributed by atoms with E-state index in [1.807, 2.05) is 0 Å². The number of hydrogen-bond acceptors (Lipinski definition) is 2. The highest BCUT2D eigenvalue weighted by Gasteiger charge is 2.31. The zero-order valence-electron chi connectivity index (χ0n) is 13.0. The smallest absolute Gasteiger partial charge is 0.0468 e. The standard InChI is InChI=1S/C17H33NO/c1-3-5-14-6-7-17(18-4-2)16(12-14)13-15-8-10-19-11-9-15/h14-18H,3-13H2,1-2H3. The minimum Gasteiger partial charge on any atom is -0.381 e. The van der Waals surface area contributed by atoms with E-state index < -0.39 is 0 Å². The van der Waals surface area contributed by atoms with Gasteiger partial charge in [0, 0.05) is 19.3 Å². The van der Waals surface area contributed by atoms with E-state index in [2.05, 4.69) is 19.2 Å². The first-order chi connectivity index (χ1) is 9.33. The summed E-state index contributed by atoms with van der Waals surface area (Å²) in [5, 5.41) is 3.76. The molecule has 1 aliphatic carbocycles. The maximum absolute atomic E-state index is 5.51. The monoisotopic (exact) mass is 267 g/mol. The molecule has 3 unspecified atom stereocenters. The van der Waals surface area contributed by atoms with Gasteiger partial charge in [0.15, 0.2) is 0 Å². The fraction of sp³-hybridized carbons (Fsp3) is 1.00. The van der Waals surface area contributed by atoms with Gasteiger partial charge < -0.3 is 10.1 Å². The summed E-state index contributed by atoms with van der Waals surface area (Å²) in [5.74, 6) is 2.86. The molecule has 1 saturated heterocycles. The molecule has 2 heteroatoms. The molecule has 1 N–H and O–H groups in total. The molecule has 2 aliphatic rings. The lowest BCUT2D eigenvalue weighted by atomic mass is 9.72. The molecule has 0 bridgehead atoms. The third-order valence-corrected chi connectivity index (χ3v) is 5.23. The van der Waals surface area contributed by atoms with Gasteiger partial charge in [0.1, 0.15) is 0 Å². The second-order valence-electron chi connectivity index (χ2n) is 6.68. The second-order valence-corrected chi connectivity index (χ2v) is 6.68. The predicted octanol–water partition coefficient (Wildman–Crippen LogP) is 4.00. The van der Waals surface area contributed by atoms with Gasteiger partial charge in [0.05, 0.1) is 0 Å². The van der Waals surface area contributed by atoms with Gasteiger partial charge in [-0.15, -0.1) is 0 Å². The fourth-order valence-corrected chi connectivity index (χ4v) is 4.23. The Kier molecular flexibility index (Phi) is 6.66. The van der Waals surface area contributed by atoms with Crippen molar-refractivity contribution in [3.63, 3.8) is 0 Å². The molecule has 19 heavy (non-hydrogen) atoms. The molecule has 0 radical (unpaired) electrons. The molecule has 0 aromatic carbocycles. The van der Waals surface area contributed by atoms with E-state index in [9.17, 15) is 0 Å². The van der Waals surface area contributed by atoms with Crippen LogP contribution in [0.5, 0.6) is 0 Å². The highest BCUT2D eigenvalue weighted by atomic mass is 16.5. The van der Waals surface area contributed by atoms with Crippen molar-refractivity contribution in [1.82, 2.24) is 5.32 Å². The molecule has 1 saturated carbocycles. The van der Waals surface area contributed by atoms with Crippen LogP contribution in [0.3, 0.4) is 0 Å². The normalized spacial score (nSPS) is 33.5. The molecule has 1 heterocycles. The van der Waals surface area contributed by atoms with Gasteiger partial charge in [-0.05, 0) is 62.8 Å². The van der Waals surface area contributed by atoms with Crippen molar-refractivity contribution in [3.8, 4) is 0 Å². The van der Waals surface area contributed by atoms with Crippen LogP contribution in [0.15, 0.2) is 0 Å². The van der Waals surface area contributed by atoms with Crippen LogP contribution in [0.1, 0.15) is 65.2 Å². The van der Waals surface area contributed by atoms with Gasteiger partial charge in [0.2, 0.25) is 0 Å². The Hall–Kier alpha value is -0.0800. The fourth-order valence-electron chi connectivity index (χ4n) is 4.23. The van der Waals surface area contributed by atoms with Crippen LogP contribution in [-0.2, 0) is 4.74 Å². The molecule has 0 spiro atoms. The van der Waals surface area contributed by atoms with Crippen LogP contribution in [-0.4, -0.2) is 25.8 Å². The SMILES string of the molecule is CCCC1CCC(NCC)C(CC2CCOCC2)C1. The number of ether oxygens (including phenoxy) is 1. The highest BCUT2D eigenvalue weighted by molar-refractivity contribution is 4.86. The zero-order valence-corrected chi connectivity index (χ0v) is 13.0. The van der Waals surface area contributed by atoms with Gasteiger partial charge in [-0.3, -0.25) is 0 Å². The van der Waals surface area contributed by atoms with Crippen molar-refractivity contribution in [2.24, 2.45) is 17.8 Å². The molecule has 0 amide bonds. The lowest BCUT2D eigenvalue weighted by Gasteiger charge is -2.39. The van der Waals surface area contributed by atoms with Crippen molar-refractivity contribution < 1.29 is 4.74 Å². The first kappa shape index (κ1) is 15.3. The topological polar surface area (TPSA) is 21.3 Å². The summed E-state index contributed by atoms with van der Waals surface area (Å²) in [6.45, 7) is 7.73. The first-order valence-corrected chi connectivity index (χ1v) is 8.64. The summed E-state index contributed by atoms with van der Waals surface area (Å²) in [5.41, 5.74) is 0. The van der Waals surface area contributed by atoms with Crippen molar-refractivity contribution in [2.75, 3.05) is 19.8 Å². The van der Waals surface area contributed by atoms with Gasteiger partial charge in [-0.25, -0.2) is 0 Å². The molecule has 2 fully saturated rings. The molecule has 2 nitrogen and oxygen atoms in total. The van der Waals surface area contributed by atoms with Crippen LogP contribution in [0.4, 0.5) is 0 Å².